The van der Waals surface area contributed by atoms with Crippen molar-refractivity contribution in [2.75, 3.05) is 79.0 Å². The molecule has 0 aromatic rings. The molecule has 0 saturated carbocycles. The second-order valence-corrected chi connectivity index (χ2v) is 15.5. The lowest BCUT2D eigenvalue weighted by atomic mass is 10.0. The van der Waals surface area contributed by atoms with Crippen molar-refractivity contribution in [2.24, 2.45) is 0 Å². The van der Waals surface area contributed by atoms with Gasteiger partial charge in [0, 0.05) is 58.3 Å². The Hall–Kier alpha value is -4.20. The van der Waals surface area contributed by atoms with E-state index in [1.165, 1.54) is 58.3 Å². The number of amides is 5. The van der Waals surface area contributed by atoms with Gasteiger partial charge >= 0.3 is 11.9 Å². The van der Waals surface area contributed by atoms with Crippen LogP contribution in [0.3, 0.4) is 0 Å². The minimum absolute atomic E-state index is 0.00507. The Labute approximate surface area is 374 Å². The van der Waals surface area contributed by atoms with Gasteiger partial charge in [-0.25, -0.2) is 4.79 Å². The van der Waals surface area contributed by atoms with Crippen LogP contribution in [0.15, 0.2) is 0 Å². The summed E-state index contributed by atoms with van der Waals surface area (Å²) in [7, 11) is 0. The van der Waals surface area contributed by atoms with E-state index < -0.39 is 29.8 Å². The topological polar surface area (TPSA) is 274 Å². The fourth-order valence-electron chi connectivity index (χ4n) is 6.10. The molecule has 0 unspecified atom stereocenters. The predicted molar refractivity (Wildman–Crippen MR) is 235 cm³/mol. The van der Waals surface area contributed by atoms with E-state index in [4.69, 9.17) is 24.1 Å². The fraction of sp³-hybridized carbons (Fsp3) is 0.818. The summed E-state index contributed by atoms with van der Waals surface area (Å²) in [4.78, 5) is 93.5. The van der Waals surface area contributed by atoms with Crippen molar-refractivity contribution >= 4 is 47.3 Å². The summed E-state index contributed by atoms with van der Waals surface area (Å²) < 4.78 is 20.9. The Bertz CT molecular complexity index is 1270. The highest BCUT2D eigenvalue weighted by molar-refractivity contribution is 5.84. The van der Waals surface area contributed by atoms with E-state index in [0.717, 1.165) is 38.5 Å². The molecule has 63 heavy (non-hydrogen) atoms. The van der Waals surface area contributed by atoms with Crippen LogP contribution in [0.1, 0.15) is 148 Å². The summed E-state index contributed by atoms with van der Waals surface area (Å²) in [5.74, 6) is -3.48. The minimum atomic E-state index is -1.26. The first-order chi connectivity index (χ1) is 30.4. The lowest BCUT2D eigenvalue weighted by Gasteiger charge is -2.14. The van der Waals surface area contributed by atoms with Gasteiger partial charge in [-0.3, -0.25) is 33.6 Å². The summed E-state index contributed by atoms with van der Waals surface area (Å²) in [5.41, 5.74) is 0. The number of hydrogen-bond donors (Lipinski definition) is 7. The highest BCUT2D eigenvalue weighted by atomic mass is 16.5. The van der Waals surface area contributed by atoms with Gasteiger partial charge in [0.05, 0.1) is 39.6 Å². The van der Waals surface area contributed by atoms with Crippen LogP contribution in [-0.4, -0.2) is 143 Å². The van der Waals surface area contributed by atoms with Gasteiger partial charge in [0.2, 0.25) is 29.5 Å². The molecule has 0 aliphatic carbocycles. The van der Waals surface area contributed by atoms with Crippen molar-refractivity contribution in [3.8, 4) is 0 Å². The Morgan fingerprint density at radius 1 is 0.397 bits per heavy atom. The second kappa shape index (κ2) is 43.1. The molecule has 1 atom stereocenters. The number of carboxylic acid groups (broad SMARTS) is 2. The van der Waals surface area contributed by atoms with E-state index in [1.807, 2.05) is 0 Å². The third-order valence-corrected chi connectivity index (χ3v) is 9.56. The molecule has 0 heterocycles. The van der Waals surface area contributed by atoms with Crippen molar-refractivity contribution in [3.63, 3.8) is 0 Å². The van der Waals surface area contributed by atoms with Gasteiger partial charge in [0.15, 0.2) is 5.78 Å². The lowest BCUT2D eigenvalue weighted by Crippen LogP contribution is -2.42. The Balaban J connectivity index is 3.72. The molecule has 0 rings (SSSR count). The second-order valence-electron chi connectivity index (χ2n) is 15.5. The van der Waals surface area contributed by atoms with Crippen LogP contribution in [0.4, 0.5) is 0 Å². The number of ketones is 1. The van der Waals surface area contributed by atoms with Crippen molar-refractivity contribution < 1.29 is 67.5 Å². The van der Waals surface area contributed by atoms with E-state index in [9.17, 15) is 43.5 Å². The molecule has 5 amide bonds. The number of carboxylic acids is 2. The molecular formula is C44H79N5O14. The zero-order chi connectivity index (χ0) is 46.6. The van der Waals surface area contributed by atoms with Gasteiger partial charge in [0.25, 0.3) is 0 Å². The number of Topliss-reactive ketones (excluding diaryl/α,β-unsaturated/α-hetero) is 1. The summed E-state index contributed by atoms with van der Waals surface area (Å²) in [5, 5.41) is 31.4. The summed E-state index contributed by atoms with van der Waals surface area (Å²) in [6.45, 7) is 3.85. The van der Waals surface area contributed by atoms with Crippen LogP contribution in [0.5, 0.6) is 0 Å². The highest BCUT2D eigenvalue weighted by Crippen LogP contribution is 2.14. The first-order valence-corrected chi connectivity index (χ1v) is 23.0. The van der Waals surface area contributed by atoms with E-state index in [2.05, 4.69) is 26.6 Å². The number of carbonyl (C=O) groups is 8. The number of ether oxygens (including phenoxy) is 4. The first-order valence-electron chi connectivity index (χ1n) is 23.0. The zero-order valence-electron chi connectivity index (χ0n) is 37.9. The molecule has 0 spiro atoms. The average Bonchev–Trinajstić information content (AvgIpc) is 3.23. The molecule has 7 N–H and O–H groups in total. The standard InChI is InChI=1S/C44H79N5O14/c1-36(50)34-62-32-30-61-29-27-48-42(55)35-63-33-31-60-28-26-47-40(53)23-22-37(44(58)59)49-41(54)20-17-25-46-39(52)19-16-24-45-38(51)18-14-12-10-8-6-4-2-3-5-7-9-11-13-15-21-43(56)57/h37H,2-35H2,1H3,(H,45,51)(H,46,52)(H,47,53)(H,48,55)(H,49,54)(H,56,57)(H,58,59)/t37-/m0/s1. The maximum absolute atomic E-state index is 12.3. The summed E-state index contributed by atoms with van der Waals surface area (Å²) >= 11 is 0. The van der Waals surface area contributed by atoms with Crippen LogP contribution in [0.25, 0.3) is 0 Å². The quantitative estimate of drug-likeness (QED) is 0.0432. The molecule has 19 heteroatoms. The number of rotatable bonds is 46. The van der Waals surface area contributed by atoms with Gasteiger partial charge in [-0.2, -0.15) is 0 Å². The van der Waals surface area contributed by atoms with Crippen LogP contribution < -0.4 is 26.6 Å². The maximum Gasteiger partial charge on any atom is 0.326 e. The van der Waals surface area contributed by atoms with Crippen molar-refractivity contribution in [2.45, 2.75) is 154 Å². The molecule has 0 fully saturated rings. The summed E-state index contributed by atoms with van der Waals surface area (Å²) in [6.07, 6.45) is 17.3. The molecule has 0 bridgehead atoms. The normalized spacial score (nSPS) is 11.4. The molecule has 0 aliphatic rings. The molecule has 0 radical (unpaired) electrons. The van der Waals surface area contributed by atoms with Crippen LogP contribution in [0.2, 0.25) is 0 Å². The summed E-state index contributed by atoms with van der Waals surface area (Å²) in [6, 6.07) is -1.25. The SMILES string of the molecule is CC(=O)COCCOCCNC(=O)COCCOCCNC(=O)CC[C@H](NC(=O)CCCNC(=O)CCCNC(=O)CCCCCCCCCCCCCCCCC(=O)O)C(=O)O. The van der Waals surface area contributed by atoms with Crippen LogP contribution >= 0.6 is 0 Å². The number of carbonyl (C=O) groups excluding carboxylic acids is 6. The van der Waals surface area contributed by atoms with Crippen molar-refractivity contribution in [3.05, 3.63) is 0 Å². The third kappa shape index (κ3) is 44.2. The third-order valence-electron chi connectivity index (χ3n) is 9.56. The lowest BCUT2D eigenvalue weighted by molar-refractivity contribution is -0.142. The smallest absolute Gasteiger partial charge is 0.326 e. The molecule has 0 aromatic carbocycles. The predicted octanol–water partition coefficient (Wildman–Crippen LogP) is 3.34. The molecule has 0 saturated heterocycles. The number of nitrogens with one attached hydrogen (secondary N) is 5. The van der Waals surface area contributed by atoms with E-state index in [0.29, 0.717) is 52.2 Å². The van der Waals surface area contributed by atoms with Crippen molar-refractivity contribution in [1.29, 1.82) is 0 Å². The minimum Gasteiger partial charge on any atom is -0.481 e. The molecule has 19 nitrogen and oxygen atoms in total. The molecule has 0 aromatic heterocycles. The Morgan fingerprint density at radius 3 is 1.25 bits per heavy atom. The molecule has 364 valence electrons. The average molecular weight is 902 g/mol. The Morgan fingerprint density at radius 2 is 0.778 bits per heavy atom. The highest BCUT2D eigenvalue weighted by Gasteiger charge is 2.21. The van der Waals surface area contributed by atoms with Gasteiger partial charge < -0.3 is 55.7 Å². The number of aliphatic carboxylic acids is 2. The van der Waals surface area contributed by atoms with E-state index in [-0.39, 0.29) is 102 Å². The van der Waals surface area contributed by atoms with Gasteiger partial charge in [-0.15, -0.1) is 0 Å². The zero-order valence-corrected chi connectivity index (χ0v) is 37.9. The molecular weight excluding hydrogens is 823 g/mol. The van der Waals surface area contributed by atoms with Crippen molar-refractivity contribution in [1.82, 2.24) is 26.6 Å². The van der Waals surface area contributed by atoms with Crippen LogP contribution in [-0.2, 0) is 57.3 Å². The molecule has 0 aliphatic heterocycles. The van der Waals surface area contributed by atoms with Crippen LogP contribution in [0, 0.1) is 0 Å². The fourth-order valence-corrected chi connectivity index (χ4v) is 6.10. The first kappa shape index (κ1) is 58.8. The maximum atomic E-state index is 12.3. The van der Waals surface area contributed by atoms with Gasteiger partial charge in [0.1, 0.15) is 19.3 Å². The monoisotopic (exact) mass is 902 g/mol. The van der Waals surface area contributed by atoms with Gasteiger partial charge in [-0.05, 0) is 39.0 Å². The largest absolute Gasteiger partial charge is 0.481 e. The van der Waals surface area contributed by atoms with E-state index in [1.54, 1.807) is 0 Å². The number of hydrogen-bond acceptors (Lipinski definition) is 12. The Kier molecular flexibility index (Phi) is 40.2. The van der Waals surface area contributed by atoms with E-state index >= 15 is 0 Å². The van der Waals surface area contributed by atoms with Gasteiger partial charge in [-0.1, -0.05) is 77.0 Å². The number of unbranched alkanes of at least 4 members (excludes halogenated alkanes) is 13.